The summed E-state index contributed by atoms with van der Waals surface area (Å²) in [5.74, 6) is 1.04. The molecule has 2 aromatic rings. The summed E-state index contributed by atoms with van der Waals surface area (Å²) in [6.45, 7) is 1.96. The summed E-state index contributed by atoms with van der Waals surface area (Å²) >= 11 is 0. The van der Waals surface area contributed by atoms with Crippen LogP contribution in [0.3, 0.4) is 0 Å². The standard InChI is InChI=1S/C13H15N3/c1-2-6-12-10(5-1)11(9-16-12)13-14-7-3-4-8-15-13/h1-2,5-6,9,16H,3-4,7-8H2,(H,14,15). The molecule has 0 aliphatic carbocycles. The van der Waals surface area contributed by atoms with Gasteiger partial charge in [0.25, 0.3) is 0 Å². The van der Waals surface area contributed by atoms with Crippen LogP contribution in [0.2, 0.25) is 0 Å². The fourth-order valence-electron chi connectivity index (χ4n) is 2.14. The predicted octanol–water partition coefficient (Wildman–Crippen LogP) is 2.30. The summed E-state index contributed by atoms with van der Waals surface area (Å²) < 4.78 is 0. The maximum atomic E-state index is 4.60. The van der Waals surface area contributed by atoms with Gasteiger partial charge in [0.2, 0.25) is 0 Å². The molecule has 0 radical (unpaired) electrons. The zero-order valence-electron chi connectivity index (χ0n) is 9.16. The van der Waals surface area contributed by atoms with Gasteiger partial charge in [0, 0.05) is 35.8 Å². The zero-order valence-corrected chi connectivity index (χ0v) is 9.16. The van der Waals surface area contributed by atoms with Crippen LogP contribution in [0.25, 0.3) is 10.9 Å². The number of aliphatic imine (C=N–C) groups is 1. The third kappa shape index (κ3) is 1.58. The molecule has 0 unspecified atom stereocenters. The second-order valence-corrected chi connectivity index (χ2v) is 4.11. The fourth-order valence-corrected chi connectivity index (χ4v) is 2.14. The number of aromatic amines is 1. The molecule has 1 aromatic carbocycles. The predicted molar refractivity (Wildman–Crippen MR) is 66.9 cm³/mol. The molecule has 16 heavy (non-hydrogen) atoms. The molecule has 0 atom stereocenters. The molecule has 0 spiro atoms. The van der Waals surface area contributed by atoms with Crippen molar-refractivity contribution < 1.29 is 0 Å². The van der Waals surface area contributed by atoms with Crippen LogP contribution < -0.4 is 5.32 Å². The first-order chi connectivity index (χ1) is 7.95. The molecular weight excluding hydrogens is 198 g/mol. The number of benzene rings is 1. The van der Waals surface area contributed by atoms with Gasteiger partial charge >= 0.3 is 0 Å². The zero-order chi connectivity index (χ0) is 10.8. The molecule has 0 bridgehead atoms. The van der Waals surface area contributed by atoms with Gasteiger partial charge in [-0.1, -0.05) is 18.2 Å². The first kappa shape index (κ1) is 9.46. The normalized spacial score (nSPS) is 16.6. The van der Waals surface area contributed by atoms with Crippen LogP contribution in [0, 0.1) is 0 Å². The van der Waals surface area contributed by atoms with Crippen LogP contribution in [0.4, 0.5) is 0 Å². The smallest absolute Gasteiger partial charge is 0.130 e. The van der Waals surface area contributed by atoms with E-state index in [4.69, 9.17) is 0 Å². The van der Waals surface area contributed by atoms with Gasteiger partial charge in [0.1, 0.15) is 5.84 Å². The van der Waals surface area contributed by atoms with E-state index < -0.39 is 0 Å². The molecule has 0 saturated heterocycles. The van der Waals surface area contributed by atoms with E-state index in [2.05, 4.69) is 33.5 Å². The van der Waals surface area contributed by atoms with Gasteiger partial charge in [-0.25, -0.2) is 0 Å². The number of nitrogens with one attached hydrogen (secondary N) is 2. The first-order valence-electron chi connectivity index (χ1n) is 5.80. The lowest BCUT2D eigenvalue weighted by atomic mass is 10.1. The summed E-state index contributed by atoms with van der Waals surface area (Å²) in [6, 6.07) is 8.34. The highest BCUT2D eigenvalue weighted by Crippen LogP contribution is 2.18. The highest BCUT2D eigenvalue weighted by Gasteiger charge is 2.10. The number of aromatic nitrogens is 1. The van der Waals surface area contributed by atoms with Gasteiger partial charge in [-0.15, -0.1) is 0 Å². The average Bonchev–Trinajstić information content (AvgIpc) is 2.57. The molecule has 0 fully saturated rings. The Morgan fingerprint density at radius 1 is 1.12 bits per heavy atom. The molecule has 0 amide bonds. The Morgan fingerprint density at radius 3 is 3.06 bits per heavy atom. The van der Waals surface area contributed by atoms with Gasteiger partial charge in [0.15, 0.2) is 0 Å². The Morgan fingerprint density at radius 2 is 2.06 bits per heavy atom. The summed E-state index contributed by atoms with van der Waals surface area (Å²) in [4.78, 5) is 7.89. The summed E-state index contributed by atoms with van der Waals surface area (Å²) in [6.07, 6.45) is 4.43. The summed E-state index contributed by atoms with van der Waals surface area (Å²) in [5.41, 5.74) is 2.36. The third-order valence-corrected chi connectivity index (χ3v) is 2.99. The molecule has 82 valence electrons. The van der Waals surface area contributed by atoms with Gasteiger partial charge in [-0.05, 0) is 18.9 Å². The molecule has 1 aromatic heterocycles. The summed E-state index contributed by atoms with van der Waals surface area (Å²) in [5, 5.41) is 4.65. The van der Waals surface area contributed by atoms with E-state index in [9.17, 15) is 0 Å². The molecular formula is C13H15N3. The SMILES string of the molecule is c1ccc2c(C3=NCCCCN3)c[nH]c2c1. The maximum Gasteiger partial charge on any atom is 0.130 e. The van der Waals surface area contributed by atoms with Crippen LogP contribution in [0.15, 0.2) is 35.5 Å². The van der Waals surface area contributed by atoms with Crippen LogP contribution in [0.5, 0.6) is 0 Å². The molecule has 2 N–H and O–H groups in total. The molecule has 1 aliphatic heterocycles. The largest absolute Gasteiger partial charge is 0.370 e. The average molecular weight is 213 g/mol. The molecule has 0 saturated carbocycles. The Bertz CT molecular complexity index is 525. The van der Waals surface area contributed by atoms with E-state index in [1.165, 1.54) is 29.3 Å². The monoisotopic (exact) mass is 213 g/mol. The minimum absolute atomic E-state index is 0.932. The molecule has 3 heteroatoms. The lowest BCUT2D eigenvalue weighted by molar-refractivity contribution is 0.750. The minimum atomic E-state index is 0.932. The van der Waals surface area contributed by atoms with Gasteiger partial charge in [-0.2, -0.15) is 0 Å². The quantitative estimate of drug-likeness (QED) is 0.749. The number of fused-ring (bicyclic) bond motifs is 1. The van der Waals surface area contributed by atoms with Crippen molar-refractivity contribution in [2.75, 3.05) is 13.1 Å². The van der Waals surface area contributed by atoms with Crippen LogP contribution in [-0.2, 0) is 0 Å². The Hall–Kier alpha value is -1.77. The van der Waals surface area contributed by atoms with Crippen molar-refractivity contribution in [2.45, 2.75) is 12.8 Å². The van der Waals surface area contributed by atoms with Gasteiger partial charge in [0.05, 0.1) is 0 Å². The van der Waals surface area contributed by atoms with Crippen molar-refractivity contribution >= 4 is 16.7 Å². The van der Waals surface area contributed by atoms with E-state index in [-0.39, 0.29) is 0 Å². The number of nitrogens with zero attached hydrogens (tertiary/aromatic N) is 1. The molecule has 3 rings (SSSR count). The van der Waals surface area contributed by atoms with Crippen LogP contribution in [0.1, 0.15) is 18.4 Å². The molecule has 3 nitrogen and oxygen atoms in total. The van der Waals surface area contributed by atoms with E-state index in [1.54, 1.807) is 0 Å². The Labute approximate surface area is 94.6 Å². The third-order valence-electron chi connectivity index (χ3n) is 2.99. The van der Waals surface area contributed by atoms with Crippen molar-refractivity contribution in [3.63, 3.8) is 0 Å². The van der Waals surface area contributed by atoms with E-state index >= 15 is 0 Å². The van der Waals surface area contributed by atoms with Crippen molar-refractivity contribution in [3.05, 3.63) is 36.0 Å². The maximum absolute atomic E-state index is 4.60. The van der Waals surface area contributed by atoms with E-state index in [0.717, 1.165) is 18.9 Å². The number of rotatable bonds is 1. The lowest BCUT2D eigenvalue weighted by Gasteiger charge is -2.05. The molecule has 2 heterocycles. The number of para-hydroxylation sites is 1. The number of hydrogen-bond donors (Lipinski definition) is 2. The Balaban J connectivity index is 2.07. The molecule has 1 aliphatic rings. The highest BCUT2D eigenvalue weighted by molar-refractivity contribution is 6.09. The lowest BCUT2D eigenvalue weighted by Crippen LogP contribution is -2.23. The highest BCUT2D eigenvalue weighted by atomic mass is 15.0. The van der Waals surface area contributed by atoms with Crippen molar-refractivity contribution in [2.24, 2.45) is 4.99 Å². The number of amidine groups is 1. The van der Waals surface area contributed by atoms with Crippen molar-refractivity contribution in [3.8, 4) is 0 Å². The second-order valence-electron chi connectivity index (χ2n) is 4.11. The van der Waals surface area contributed by atoms with Crippen molar-refractivity contribution in [1.29, 1.82) is 0 Å². The number of hydrogen-bond acceptors (Lipinski definition) is 2. The topological polar surface area (TPSA) is 40.2 Å². The van der Waals surface area contributed by atoms with Gasteiger partial charge in [-0.3, -0.25) is 4.99 Å². The Kier molecular flexibility index (Phi) is 2.37. The summed E-state index contributed by atoms with van der Waals surface area (Å²) in [7, 11) is 0. The fraction of sp³-hybridized carbons (Fsp3) is 0.308. The first-order valence-corrected chi connectivity index (χ1v) is 5.80. The van der Waals surface area contributed by atoms with Gasteiger partial charge < -0.3 is 10.3 Å². The van der Waals surface area contributed by atoms with Crippen LogP contribution in [-0.4, -0.2) is 23.9 Å². The van der Waals surface area contributed by atoms with E-state index in [0.29, 0.717) is 0 Å². The minimum Gasteiger partial charge on any atom is -0.370 e. The van der Waals surface area contributed by atoms with Crippen molar-refractivity contribution in [1.82, 2.24) is 10.3 Å². The van der Waals surface area contributed by atoms with Crippen LogP contribution >= 0.6 is 0 Å². The number of H-pyrrole nitrogens is 1. The second kappa shape index (κ2) is 4.00. The van der Waals surface area contributed by atoms with E-state index in [1.807, 2.05) is 12.3 Å².